The summed E-state index contributed by atoms with van der Waals surface area (Å²) in [5.41, 5.74) is 5.99. The van der Waals surface area contributed by atoms with E-state index < -0.39 is 17.8 Å². The lowest BCUT2D eigenvalue weighted by Gasteiger charge is -2.30. The van der Waals surface area contributed by atoms with Gasteiger partial charge in [0.05, 0.1) is 41.2 Å². The Hall–Kier alpha value is -4.26. The van der Waals surface area contributed by atoms with Gasteiger partial charge < -0.3 is 4.74 Å². The van der Waals surface area contributed by atoms with Crippen molar-refractivity contribution >= 4 is 34.6 Å². The molecule has 2 heterocycles. The lowest BCUT2D eigenvalue weighted by Crippen LogP contribution is -2.41. The van der Waals surface area contributed by atoms with E-state index in [1.54, 1.807) is 0 Å². The Morgan fingerprint density at radius 1 is 0.714 bits per heavy atom. The SMILES string of the molecule is CCCCOc1ccccc1C(C1C(=O)N(c2ccc(C)cc2)N=C1CC)C1C(=O)N(c2ccc(C)cc2)N=C1CC. The third kappa shape index (κ3) is 5.60. The average Bonchev–Trinajstić information content (AvgIpc) is 3.51. The highest BCUT2D eigenvalue weighted by Gasteiger charge is 2.51. The quantitative estimate of drug-likeness (QED) is 0.227. The Kier molecular flexibility index (Phi) is 8.86. The topological polar surface area (TPSA) is 74.6 Å². The van der Waals surface area contributed by atoms with Gasteiger partial charge in [-0.1, -0.05) is 80.8 Å². The molecule has 3 aromatic rings. The van der Waals surface area contributed by atoms with E-state index in [9.17, 15) is 9.59 Å². The Bertz CT molecular complexity index is 1410. The van der Waals surface area contributed by atoms with E-state index in [-0.39, 0.29) is 11.8 Å². The summed E-state index contributed by atoms with van der Waals surface area (Å²) in [6.45, 7) is 10.7. The van der Waals surface area contributed by atoms with Crippen LogP contribution in [0, 0.1) is 25.7 Å². The molecule has 42 heavy (non-hydrogen) atoms. The van der Waals surface area contributed by atoms with Crippen LogP contribution in [0.5, 0.6) is 5.75 Å². The number of hydrazone groups is 2. The van der Waals surface area contributed by atoms with Crippen LogP contribution in [0.3, 0.4) is 0 Å². The molecule has 2 amide bonds. The van der Waals surface area contributed by atoms with Gasteiger partial charge in [-0.3, -0.25) is 9.59 Å². The number of benzene rings is 3. The zero-order valence-electron chi connectivity index (χ0n) is 25.2. The highest BCUT2D eigenvalue weighted by atomic mass is 16.5. The first kappa shape index (κ1) is 29.2. The van der Waals surface area contributed by atoms with Gasteiger partial charge in [-0.05, 0) is 69.0 Å². The molecule has 2 unspecified atom stereocenters. The summed E-state index contributed by atoms with van der Waals surface area (Å²) >= 11 is 0. The smallest absolute Gasteiger partial charge is 0.256 e. The van der Waals surface area contributed by atoms with Crippen LogP contribution in [0.1, 0.15) is 69.1 Å². The normalized spacial score (nSPS) is 19.3. The van der Waals surface area contributed by atoms with E-state index in [2.05, 4.69) is 6.92 Å². The zero-order valence-corrected chi connectivity index (χ0v) is 25.2. The summed E-state index contributed by atoms with van der Waals surface area (Å²) in [6, 6.07) is 23.4. The van der Waals surface area contributed by atoms with Gasteiger partial charge in [-0.15, -0.1) is 0 Å². The fourth-order valence-electron chi connectivity index (χ4n) is 5.84. The van der Waals surface area contributed by atoms with Crippen LogP contribution < -0.4 is 14.8 Å². The van der Waals surface area contributed by atoms with Crippen LogP contribution in [-0.2, 0) is 9.59 Å². The van der Waals surface area contributed by atoms with Crippen molar-refractivity contribution in [3.8, 4) is 5.75 Å². The minimum absolute atomic E-state index is 0.138. The lowest BCUT2D eigenvalue weighted by molar-refractivity contribution is -0.122. The summed E-state index contributed by atoms with van der Waals surface area (Å²) in [5.74, 6) is -1.40. The molecular weight excluding hydrogens is 524 g/mol. The number of hydrogen-bond acceptors (Lipinski definition) is 5. The van der Waals surface area contributed by atoms with Gasteiger partial charge in [-0.2, -0.15) is 10.2 Å². The maximum atomic E-state index is 14.4. The van der Waals surface area contributed by atoms with Crippen molar-refractivity contribution in [2.24, 2.45) is 22.0 Å². The molecule has 2 aliphatic rings. The summed E-state index contributed by atoms with van der Waals surface area (Å²) in [7, 11) is 0. The van der Waals surface area contributed by atoms with Crippen LogP contribution >= 0.6 is 0 Å². The van der Waals surface area contributed by atoms with Crippen LogP contribution in [0.4, 0.5) is 11.4 Å². The summed E-state index contributed by atoms with van der Waals surface area (Å²) in [5, 5.41) is 12.7. The Balaban J connectivity index is 1.63. The van der Waals surface area contributed by atoms with E-state index in [0.29, 0.717) is 36.6 Å². The van der Waals surface area contributed by atoms with Crippen LogP contribution in [0.25, 0.3) is 0 Å². The van der Waals surface area contributed by atoms with Crippen molar-refractivity contribution in [3.63, 3.8) is 0 Å². The first-order valence-corrected chi connectivity index (χ1v) is 15.1. The van der Waals surface area contributed by atoms with Gasteiger partial charge >= 0.3 is 0 Å². The Labute approximate surface area is 248 Å². The fourth-order valence-corrected chi connectivity index (χ4v) is 5.84. The lowest BCUT2D eigenvalue weighted by atomic mass is 9.71. The molecule has 0 fully saturated rings. The van der Waals surface area contributed by atoms with Crippen LogP contribution in [0.2, 0.25) is 0 Å². The number of carbonyl (C=O) groups is 2. The monoisotopic (exact) mass is 564 g/mol. The zero-order chi connectivity index (χ0) is 29.8. The molecule has 0 radical (unpaired) electrons. The molecule has 0 saturated heterocycles. The van der Waals surface area contributed by atoms with Crippen molar-refractivity contribution in [1.82, 2.24) is 0 Å². The number of anilines is 2. The van der Waals surface area contributed by atoms with Gasteiger partial charge in [0.15, 0.2) is 0 Å². The van der Waals surface area contributed by atoms with E-state index in [1.807, 2.05) is 100 Å². The number of aryl methyl sites for hydroxylation is 2. The summed E-state index contributed by atoms with van der Waals surface area (Å²) < 4.78 is 6.31. The number of rotatable bonds is 11. The minimum atomic E-state index is -0.643. The third-order valence-electron chi connectivity index (χ3n) is 8.16. The van der Waals surface area contributed by atoms with Gasteiger partial charge in [-0.25, -0.2) is 10.0 Å². The van der Waals surface area contributed by atoms with Gasteiger partial charge in [0.2, 0.25) is 0 Å². The number of amides is 2. The van der Waals surface area contributed by atoms with E-state index >= 15 is 0 Å². The number of unbranched alkanes of at least 4 members (excludes halogenated alkanes) is 1. The van der Waals surface area contributed by atoms with Crippen molar-refractivity contribution < 1.29 is 14.3 Å². The molecule has 0 spiro atoms. The third-order valence-corrected chi connectivity index (χ3v) is 8.16. The number of para-hydroxylation sites is 1. The average molecular weight is 565 g/mol. The maximum Gasteiger partial charge on any atom is 0.256 e. The van der Waals surface area contributed by atoms with E-state index in [0.717, 1.165) is 41.0 Å². The van der Waals surface area contributed by atoms with Gasteiger partial charge in [0.25, 0.3) is 11.8 Å². The Morgan fingerprint density at radius 2 is 1.19 bits per heavy atom. The minimum Gasteiger partial charge on any atom is -0.493 e. The van der Waals surface area contributed by atoms with Gasteiger partial charge in [0.1, 0.15) is 5.75 Å². The summed E-state index contributed by atoms with van der Waals surface area (Å²) in [4.78, 5) is 28.8. The molecule has 2 atom stereocenters. The van der Waals surface area contributed by atoms with Gasteiger partial charge in [0, 0.05) is 5.92 Å². The van der Waals surface area contributed by atoms with E-state index in [1.165, 1.54) is 10.0 Å². The molecule has 7 heteroatoms. The second kappa shape index (κ2) is 12.7. The van der Waals surface area contributed by atoms with Crippen molar-refractivity contribution in [2.45, 2.75) is 66.2 Å². The molecule has 5 rings (SSSR count). The molecule has 7 nitrogen and oxygen atoms in total. The number of carbonyl (C=O) groups excluding carboxylic acids is 2. The number of nitrogens with zero attached hydrogens (tertiary/aromatic N) is 4. The highest BCUT2D eigenvalue weighted by molar-refractivity contribution is 6.20. The van der Waals surface area contributed by atoms with E-state index in [4.69, 9.17) is 14.9 Å². The molecule has 218 valence electrons. The largest absolute Gasteiger partial charge is 0.493 e. The highest BCUT2D eigenvalue weighted by Crippen LogP contribution is 2.46. The molecular formula is C35H40N4O3. The molecule has 0 bridgehead atoms. The van der Waals surface area contributed by atoms with Crippen molar-refractivity contribution in [1.29, 1.82) is 0 Å². The molecule has 2 aliphatic heterocycles. The molecule has 0 aliphatic carbocycles. The number of ether oxygens (including phenoxy) is 1. The van der Waals surface area contributed by atoms with Crippen molar-refractivity contribution in [3.05, 3.63) is 89.5 Å². The fraction of sp³-hybridized carbons (Fsp3) is 0.371. The van der Waals surface area contributed by atoms with Crippen molar-refractivity contribution in [2.75, 3.05) is 16.6 Å². The predicted molar refractivity (Wildman–Crippen MR) is 169 cm³/mol. The first-order valence-electron chi connectivity index (χ1n) is 15.1. The molecule has 0 aromatic heterocycles. The predicted octanol–water partition coefficient (Wildman–Crippen LogP) is 7.42. The van der Waals surface area contributed by atoms with Crippen LogP contribution in [-0.4, -0.2) is 29.8 Å². The second-order valence-corrected chi connectivity index (χ2v) is 11.1. The first-order chi connectivity index (χ1) is 20.4. The molecule has 3 aromatic carbocycles. The molecule has 0 N–H and O–H groups in total. The second-order valence-electron chi connectivity index (χ2n) is 11.1. The standard InChI is InChI=1S/C35H40N4O3/c1-6-9-22-42-30-13-11-10-12-27(30)31(32-28(7-2)36-38(34(32)40)25-18-14-23(4)15-19-25)33-29(8-3)37-39(35(33)41)26-20-16-24(5)17-21-26/h10-21,31-33H,6-9,22H2,1-5H3. The molecule has 0 saturated carbocycles. The summed E-state index contributed by atoms with van der Waals surface area (Å²) in [6.07, 6.45) is 3.07. The number of hydrogen-bond donors (Lipinski definition) is 0. The Morgan fingerprint density at radius 3 is 1.64 bits per heavy atom. The maximum absolute atomic E-state index is 14.4. The van der Waals surface area contributed by atoms with Crippen LogP contribution in [0.15, 0.2) is 83.0 Å².